The average Bonchev–Trinajstić information content (AvgIpc) is 3.07. The lowest BCUT2D eigenvalue weighted by Crippen LogP contribution is -2.09. The smallest absolute Gasteiger partial charge is 0.165 e. The number of hydrogen-bond donors (Lipinski definition) is 1. The van der Waals surface area contributed by atoms with E-state index in [1.165, 1.54) is 12.1 Å². The SMILES string of the molecule is Cc1nc2c(-c3ccc(F)cc3)cnn2c(NCc2ccccn2)c1Cl. The van der Waals surface area contributed by atoms with Crippen LogP contribution >= 0.6 is 11.6 Å². The fourth-order valence-electron chi connectivity index (χ4n) is 2.75. The molecule has 1 N–H and O–H groups in total. The minimum absolute atomic E-state index is 0.282. The van der Waals surface area contributed by atoms with E-state index in [0.29, 0.717) is 28.7 Å². The van der Waals surface area contributed by atoms with Crippen LogP contribution in [0.3, 0.4) is 0 Å². The fourth-order valence-corrected chi connectivity index (χ4v) is 2.94. The molecule has 1 aromatic carbocycles. The molecule has 0 saturated heterocycles. The first-order chi connectivity index (χ1) is 12.6. The van der Waals surface area contributed by atoms with Gasteiger partial charge in [-0.3, -0.25) is 4.98 Å². The predicted molar refractivity (Wildman–Crippen MR) is 99.7 cm³/mol. The Morgan fingerprint density at radius 1 is 1.15 bits per heavy atom. The summed E-state index contributed by atoms with van der Waals surface area (Å²) in [7, 11) is 0. The highest BCUT2D eigenvalue weighted by molar-refractivity contribution is 6.33. The number of nitrogens with one attached hydrogen (secondary N) is 1. The van der Waals surface area contributed by atoms with Crippen molar-refractivity contribution in [3.63, 3.8) is 0 Å². The van der Waals surface area contributed by atoms with Gasteiger partial charge in [-0.25, -0.2) is 9.37 Å². The lowest BCUT2D eigenvalue weighted by atomic mass is 10.1. The van der Waals surface area contributed by atoms with Crippen LogP contribution < -0.4 is 5.32 Å². The van der Waals surface area contributed by atoms with E-state index in [4.69, 9.17) is 11.6 Å². The van der Waals surface area contributed by atoms with Gasteiger partial charge in [0.2, 0.25) is 0 Å². The molecule has 0 atom stereocenters. The molecule has 26 heavy (non-hydrogen) atoms. The lowest BCUT2D eigenvalue weighted by Gasteiger charge is -2.12. The third-order valence-electron chi connectivity index (χ3n) is 4.07. The van der Waals surface area contributed by atoms with Crippen LogP contribution in [-0.2, 0) is 6.54 Å². The zero-order chi connectivity index (χ0) is 18.1. The monoisotopic (exact) mass is 367 g/mol. The molecule has 4 aromatic rings. The van der Waals surface area contributed by atoms with E-state index in [-0.39, 0.29) is 5.82 Å². The van der Waals surface area contributed by atoms with Crippen molar-refractivity contribution in [1.29, 1.82) is 0 Å². The zero-order valence-electron chi connectivity index (χ0n) is 13.9. The van der Waals surface area contributed by atoms with Crippen LogP contribution in [0, 0.1) is 12.7 Å². The van der Waals surface area contributed by atoms with E-state index in [1.54, 1.807) is 29.0 Å². The van der Waals surface area contributed by atoms with Crippen molar-refractivity contribution in [2.45, 2.75) is 13.5 Å². The van der Waals surface area contributed by atoms with Gasteiger partial charge in [-0.15, -0.1) is 0 Å². The molecule has 0 aliphatic heterocycles. The molecule has 4 rings (SSSR count). The molecule has 0 bridgehead atoms. The van der Waals surface area contributed by atoms with Gasteiger partial charge in [0.05, 0.1) is 24.1 Å². The number of aromatic nitrogens is 4. The number of anilines is 1. The van der Waals surface area contributed by atoms with Gasteiger partial charge in [-0.05, 0) is 36.8 Å². The fraction of sp³-hybridized carbons (Fsp3) is 0.105. The molecule has 0 amide bonds. The molecule has 3 heterocycles. The van der Waals surface area contributed by atoms with Gasteiger partial charge in [-0.1, -0.05) is 29.8 Å². The molecule has 0 aliphatic rings. The van der Waals surface area contributed by atoms with Crippen molar-refractivity contribution in [2.75, 3.05) is 5.32 Å². The third-order valence-corrected chi connectivity index (χ3v) is 4.53. The van der Waals surface area contributed by atoms with Gasteiger partial charge < -0.3 is 5.32 Å². The summed E-state index contributed by atoms with van der Waals surface area (Å²) in [6.07, 6.45) is 3.45. The van der Waals surface area contributed by atoms with Crippen molar-refractivity contribution in [1.82, 2.24) is 19.6 Å². The van der Waals surface area contributed by atoms with Gasteiger partial charge in [0.25, 0.3) is 0 Å². The Morgan fingerprint density at radius 3 is 2.69 bits per heavy atom. The minimum atomic E-state index is -0.282. The molecule has 130 valence electrons. The number of fused-ring (bicyclic) bond motifs is 1. The second-order valence-corrected chi connectivity index (χ2v) is 6.21. The molecule has 0 saturated carbocycles. The summed E-state index contributed by atoms with van der Waals surface area (Å²) in [5.41, 5.74) is 3.88. The van der Waals surface area contributed by atoms with Gasteiger partial charge in [0.15, 0.2) is 11.5 Å². The van der Waals surface area contributed by atoms with Crippen LogP contribution in [0.1, 0.15) is 11.4 Å². The Morgan fingerprint density at radius 2 is 1.96 bits per heavy atom. The average molecular weight is 368 g/mol. The van der Waals surface area contributed by atoms with Crippen molar-refractivity contribution in [3.05, 3.63) is 77.1 Å². The number of rotatable bonds is 4. The lowest BCUT2D eigenvalue weighted by molar-refractivity contribution is 0.628. The van der Waals surface area contributed by atoms with Gasteiger partial charge in [-0.2, -0.15) is 9.61 Å². The topological polar surface area (TPSA) is 55.1 Å². The van der Waals surface area contributed by atoms with E-state index in [2.05, 4.69) is 20.4 Å². The maximum Gasteiger partial charge on any atom is 0.165 e. The zero-order valence-corrected chi connectivity index (χ0v) is 14.7. The number of benzene rings is 1. The minimum Gasteiger partial charge on any atom is -0.363 e. The van der Waals surface area contributed by atoms with Crippen molar-refractivity contribution in [3.8, 4) is 11.1 Å². The highest BCUT2D eigenvalue weighted by Crippen LogP contribution is 2.31. The summed E-state index contributed by atoms with van der Waals surface area (Å²) < 4.78 is 14.9. The van der Waals surface area contributed by atoms with Gasteiger partial charge in [0, 0.05) is 11.8 Å². The van der Waals surface area contributed by atoms with E-state index in [1.807, 2.05) is 25.1 Å². The summed E-state index contributed by atoms with van der Waals surface area (Å²) >= 11 is 6.46. The summed E-state index contributed by atoms with van der Waals surface area (Å²) in [4.78, 5) is 8.87. The van der Waals surface area contributed by atoms with Crippen LogP contribution in [0.15, 0.2) is 54.9 Å². The normalized spacial score (nSPS) is 11.0. The second kappa shape index (κ2) is 6.72. The summed E-state index contributed by atoms with van der Waals surface area (Å²) in [6, 6.07) is 12.0. The quantitative estimate of drug-likeness (QED) is 0.576. The number of pyridine rings is 1. The Labute approximate surface area is 154 Å². The first-order valence-corrected chi connectivity index (χ1v) is 8.45. The largest absolute Gasteiger partial charge is 0.363 e. The van der Waals surface area contributed by atoms with E-state index < -0.39 is 0 Å². The summed E-state index contributed by atoms with van der Waals surface area (Å²) in [5.74, 6) is 0.364. The second-order valence-electron chi connectivity index (χ2n) is 5.83. The van der Waals surface area contributed by atoms with Crippen LogP contribution in [-0.4, -0.2) is 19.6 Å². The maximum atomic E-state index is 13.2. The molecule has 0 radical (unpaired) electrons. The van der Waals surface area contributed by atoms with Gasteiger partial charge in [0.1, 0.15) is 10.8 Å². The maximum absolute atomic E-state index is 13.2. The van der Waals surface area contributed by atoms with Gasteiger partial charge >= 0.3 is 0 Å². The van der Waals surface area contributed by atoms with Crippen LogP contribution in [0.4, 0.5) is 10.2 Å². The van der Waals surface area contributed by atoms with E-state index in [9.17, 15) is 4.39 Å². The summed E-state index contributed by atoms with van der Waals surface area (Å²) in [6.45, 7) is 2.35. The first kappa shape index (κ1) is 16.5. The Kier molecular flexibility index (Phi) is 4.26. The molecular weight excluding hydrogens is 353 g/mol. The van der Waals surface area contributed by atoms with E-state index in [0.717, 1.165) is 16.8 Å². The highest BCUT2D eigenvalue weighted by Gasteiger charge is 2.16. The molecule has 5 nitrogen and oxygen atoms in total. The van der Waals surface area contributed by atoms with Crippen LogP contribution in [0.25, 0.3) is 16.8 Å². The highest BCUT2D eigenvalue weighted by atomic mass is 35.5. The summed E-state index contributed by atoms with van der Waals surface area (Å²) in [5, 5.41) is 8.22. The molecule has 0 spiro atoms. The Balaban J connectivity index is 1.77. The van der Waals surface area contributed by atoms with Crippen molar-refractivity contribution >= 4 is 23.1 Å². The van der Waals surface area contributed by atoms with Crippen LogP contribution in [0.5, 0.6) is 0 Å². The molecule has 7 heteroatoms. The predicted octanol–water partition coefficient (Wildman–Crippen LogP) is 4.50. The number of nitrogens with zero attached hydrogens (tertiary/aromatic N) is 4. The third kappa shape index (κ3) is 2.99. The number of aryl methyl sites for hydroxylation is 1. The van der Waals surface area contributed by atoms with E-state index >= 15 is 0 Å². The Bertz CT molecular complexity index is 1060. The number of hydrogen-bond acceptors (Lipinski definition) is 4. The molecule has 3 aromatic heterocycles. The standard InChI is InChI=1S/C19H15ClFN5/c1-12-17(20)19(23-10-15-4-2-3-9-22-15)26-18(25-12)16(11-24-26)13-5-7-14(21)8-6-13/h2-9,11,23H,10H2,1H3. The first-order valence-electron chi connectivity index (χ1n) is 8.07. The molecular formula is C19H15ClFN5. The molecule has 0 unspecified atom stereocenters. The van der Waals surface area contributed by atoms with Crippen LogP contribution in [0.2, 0.25) is 5.02 Å². The van der Waals surface area contributed by atoms with Crippen molar-refractivity contribution in [2.24, 2.45) is 0 Å². The number of halogens is 2. The molecule has 0 aliphatic carbocycles. The Hall–Kier alpha value is -2.99. The van der Waals surface area contributed by atoms with Crippen molar-refractivity contribution < 1.29 is 4.39 Å². The molecule has 0 fully saturated rings.